The summed E-state index contributed by atoms with van der Waals surface area (Å²) in [5.41, 5.74) is 4.66. The molecular formula is C19H26F2N4O4. The summed E-state index contributed by atoms with van der Waals surface area (Å²) in [5.74, 6) is -1.40. The molecule has 1 saturated heterocycles. The topological polar surface area (TPSA) is 114 Å². The van der Waals surface area contributed by atoms with Crippen LogP contribution < -0.4 is 21.3 Å². The van der Waals surface area contributed by atoms with Gasteiger partial charge in [-0.15, -0.1) is 0 Å². The molecule has 1 aromatic rings. The molecule has 0 aliphatic carbocycles. The molecule has 0 bridgehead atoms. The van der Waals surface area contributed by atoms with Crippen molar-refractivity contribution in [3.63, 3.8) is 0 Å². The Morgan fingerprint density at radius 2 is 2.00 bits per heavy atom. The van der Waals surface area contributed by atoms with Gasteiger partial charge < -0.3 is 26.0 Å². The van der Waals surface area contributed by atoms with Crippen molar-refractivity contribution in [3.05, 3.63) is 23.8 Å². The molecule has 1 aliphatic rings. The number of nitrogens with zero attached hydrogens (tertiary/aromatic N) is 1. The van der Waals surface area contributed by atoms with Crippen LogP contribution in [0.2, 0.25) is 0 Å². The highest BCUT2D eigenvalue weighted by molar-refractivity contribution is 5.99. The summed E-state index contributed by atoms with van der Waals surface area (Å²) in [6.07, 6.45) is -2.86. The van der Waals surface area contributed by atoms with Gasteiger partial charge in [0.15, 0.2) is 0 Å². The van der Waals surface area contributed by atoms with E-state index in [9.17, 15) is 23.2 Å². The first-order chi connectivity index (χ1) is 13.5. The Kier molecular flexibility index (Phi) is 7.26. The van der Waals surface area contributed by atoms with Crippen LogP contribution in [0.1, 0.15) is 32.8 Å². The average Bonchev–Trinajstić information content (AvgIpc) is 2.65. The van der Waals surface area contributed by atoms with Gasteiger partial charge in [-0.2, -0.15) is 0 Å². The van der Waals surface area contributed by atoms with Gasteiger partial charge in [0.1, 0.15) is 12.6 Å². The highest BCUT2D eigenvalue weighted by atomic mass is 19.3. The van der Waals surface area contributed by atoms with Crippen molar-refractivity contribution < 1.29 is 27.9 Å². The molecule has 1 atom stereocenters. The average molecular weight is 412 g/mol. The van der Waals surface area contributed by atoms with E-state index in [0.717, 1.165) is 6.07 Å². The Morgan fingerprint density at radius 1 is 1.31 bits per heavy atom. The summed E-state index contributed by atoms with van der Waals surface area (Å²) in [6, 6.07) is 2.86. The zero-order valence-electron chi connectivity index (χ0n) is 16.6. The van der Waals surface area contributed by atoms with E-state index in [4.69, 9.17) is 10.5 Å². The minimum atomic E-state index is -2.86. The number of carbonyl (C=O) groups is 3. The lowest BCUT2D eigenvalue weighted by atomic mass is 9.95. The van der Waals surface area contributed by atoms with E-state index in [-0.39, 0.29) is 49.1 Å². The quantitative estimate of drug-likeness (QED) is 0.654. The fraction of sp³-hybridized carbons (Fsp3) is 0.526. The number of alkyl halides is 2. The third-order valence-corrected chi connectivity index (χ3v) is 4.35. The van der Waals surface area contributed by atoms with Crippen LogP contribution in [-0.2, 0) is 19.1 Å². The molecule has 160 valence electrons. The van der Waals surface area contributed by atoms with Gasteiger partial charge in [0.05, 0.1) is 12.3 Å². The molecule has 8 nitrogen and oxygen atoms in total. The lowest BCUT2D eigenvalue weighted by Gasteiger charge is -2.29. The zero-order chi connectivity index (χ0) is 21.8. The van der Waals surface area contributed by atoms with E-state index in [2.05, 4.69) is 10.6 Å². The number of nitrogens with one attached hydrogen (secondary N) is 2. The first kappa shape index (κ1) is 22.7. The van der Waals surface area contributed by atoms with Crippen molar-refractivity contribution in [1.29, 1.82) is 0 Å². The van der Waals surface area contributed by atoms with Crippen molar-refractivity contribution in [3.8, 4) is 0 Å². The summed E-state index contributed by atoms with van der Waals surface area (Å²) >= 11 is 0. The second-order valence-corrected chi connectivity index (χ2v) is 7.67. The fourth-order valence-electron chi connectivity index (χ4n) is 2.66. The number of anilines is 2. The zero-order valence-corrected chi connectivity index (χ0v) is 16.6. The number of rotatable bonds is 6. The number of nitrogens with two attached hydrogens (primary N) is 1. The van der Waals surface area contributed by atoms with Gasteiger partial charge in [0.25, 0.3) is 12.3 Å². The van der Waals surface area contributed by atoms with Crippen molar-refractivity contribution in [2.24, 2.45) is 11.1 Å². The molecular weight excluding hydrogens is 386 g/mol. The number of amides is 3. The Balaban J connectivity index is 2.20. The van der Waals surface area contributed by atoms with Crippen molar-refractivity contribution >= 4 is 29.1 Å². The van der Waals surface area contributed by atoms with E-state index in [1.165, 1.54) is 17.0 Å². The predicted molar refractivity (Wildman–Crippen MR) is 104 cm³/mol. The molecule has 0 unspecified atom stereocenters. The molecule has 1 aromatic carbocycles. The number of hydrogen-bond donors (Lipinski definition) is 3. The van der Waals surface area contributed by atoms with Crippen LogP contribution >= 0.6 is 0 Å². The third kappa shape index (κ3) is 5.70. The van der Waals surface area contributed by atoms with Gasteiger partial charge in [0, 0.05) is 29.8 Å². The second kappa shape index (κ2) is 9.27. The summed E-state index contributed by atoms with van der Waals surface area (Å²) in [6.45, 7) is 5.15. The molecule has 1 fully saturated rings. The number of halogens is 2. The van der Waals surface area contributed by atoms with Crippen molar-refractivity contribution in [2.75, 3.05) is 36.5 Å². The van der Waals surface area contributed by atoms with Crippen LogP contribution in [0.15, 0.2) is 18.2 Å². The first-order valence-electron chi connectivity index (χ1n) is 9.16. The lowest BCUT2D eigenvalue weighted by Crippen LogP contribution is -2.51. The maximum Gasteiger partial charge on any atom is 0.265 e. The number of hydrogen-bond acceptors (Lipinski definition) is 5. The molecule has 10 heteroatoms. The Morgan fingerprint density at radius 3 is 2.55 bits per heavy atom. The molecule has 0 saturated carbocycles. The van der Waals surface area contributed by atoms with Gasteiger partial charge in [-0.25, -0.2) is 8.78 Å². The van der Waals surface area contributed by atoms with Crippen LogP contribution in [-0.4, -0.2) is 50.1 Å². The maximum atomic E-state index is 13.6. The van der Waals surface area contributed by atoms with Crippen LogP contribution in [0.25, 0.3) is 0 Å². The standard InChI is InChI=1S/C19H26F2N4O4/c1-19(2,3)18(28)24-13(9-22)17(27)23-11-4-5-14(12(8-11)16(20)21)25-6-7-29-10-15(25)26/h4-5,8,13,16H,6-7,9-10,22H2,1-3H3,(H,23,27)(H,24,28)/t13-/m1/s1. The highest BCUT2D eigenvalue weighted by Crippen LogP contribution is 2.33. The van der Waals surface area contributed by atoms with Crippen LogP contribution in [0.5, 0.6) is 0 Å². The first-order valence-corrected chi connectivity index (χ1v) is 9.16. The number of carbonyl (C=O) groups excluding carboxylic acids is 3. The van der Waals surface area contributed by atoms with Crippen LogP contribution in [0.3, 0.4) is 0 Å². The predicted octanol–water partition coefficient (Wildman–Crippen LogP) is 1.42. The molecule has 4 N–H and O–H groups in total. The molecule has 29 heavy (non-hydrogen) atoms. The molecule has 0 spiro atoms. The highest BCUT2D eigenvalue weighted by Gasteiger charge is 2.28. The number of ether oxygens (including phenoxy) is 1. The molecule has 0 radical (unpaired) electrons. The minimum absolute atomic E-state index is 0.0720. The van der Waals surface area contributed by atoms with Gasteiger partial charge in [0.2, 0.25) is 11.8 Å². The largest absolute Gasteiger partial charge is 0.370 e. The van der Waals surface area contributed by atoms with Gasteiger partial charge >= 0.3 is 0 Å². The monoisotopic (exact) mass is 412 g/mol. The molecule has 3 amide bonds. The van der Waals surface area contributed by atoms with Crippen molar-refractivity contribution in [2.45, 2.75) is 33.2 Å². The summed E-state index contributed by atoms with van der Waals surface area (Å²) < 4.78 is 32.2. The van der Waals surface area contributed by atoms with E-state index in [0.29, 0.717) is 0 Å². The molecule has 1 heterocycles. The van der Waals surface area contributed by atoms with Gasteiger partial charge in [-0.05, 0) is 18.2 Å². The summed E-state index contributed by atoms with van der Waals surface area (Å²) in [7, 11) is 0. The SMILES string of the molecule is CC(C)(C)C(=O)N[C@H](CN)C(=O)Nc1ccc(N2CCOCC2=O)c(C(F)F)c1. The normalized spacial score (nSPS) is 16.0. The van der Waals surface area contributed by atoms with E-state index in [1.807, 2.05) is 0 Å². The second-order valence-electron chi connectivity index (χ2n) is 7.67. The fourth-order valence-corrected chi connectivity index (χ4v) is 2.66. The Labute approximate surface area is 167 Å². The van der Waals surface area contributed by atoms with Gasteiger partial charge in [-0.1, -0.05) is 20.8 Å². The molecule has 2 rings (SSSR count). The number of morpholine rings is 1. The molecule has 1 aliphatic heterocycles. The van der Waals surface area contributed by atoms with Crippen LogP contribution in [0, 0.1) is 5.41 Å². The smallest absolute Gasteiger partial charge is 0.265 e. The van der Waals surface area contributed by atoms with E-state index < -0.39 is 29.7 Å². The third-order valence-electron chi connectivity index (χ3n) is 4.35. The summed E-state index contributed by atoms with van der Waals surface area (Å²) in [5, 5.41) is 5.03. The van der Waals surface area contributed by atoms with E-state index in [1.54, 1.807) is 20.8 Å². The lowest BCUT2D eigenvalue weighted by molar-refractivity contribution is -0.131. The number of benzene rings is 1. The van der Waals surface area contributed by atoms with Crippen LogP contribution in [0.4, 0.5) is 20.2 Å². The molecule has 0 aromatic heterocycles. The summed E-state index contributed by atoms with van der Waals surface area (Å²) in [4.78, 5) is 37.8. The Hall–Kier alpha value is -2.59. The van der Waals surface area contributed by atoms with Gasteiger partial charge in [-0.3, -0.25) is 14.4 Å². The minimum Gasteiger partial charge on any atom is -0.370 e. The maximum absolute atomic E-state index is 13.6. The van der Waals surface area contributed by atoms with Crippen molar-refractivity contribution in [1.82, 2.24) is 5.32 Å². The Bertz CT molecular complexity index is 780. The van der Waals surface area contributed by atoms with E-state index >= 15 is 0 Å².